The lowest BCUT2D eigenvalue weighted by Crippen LogP contribution is -2.33. The van der Waals surface area contributed by atoms with Crippen LogP contribution in [0, 0.1) is 0 Å². The summed E-state index contributed by atoms with van der Waals surface area (Å²) in [5.41, 5.74) is 2.23. The van der Waals surface area contributed by atoms with Crippen molar-refractivity contribution in [2.45, 2.75) is 31.3 Å². The molecule has 0 bridgehead atoms. The van der Waals surface area contributed by atoms with Crippen LogP contribution in [0.25, 0.3) is 6.08 Å². The number of sulfonamides is 1. The molecule has 0 aliphatic rings. The molecule has 0 spiro atoms. The van der Waals surface area contributed by atoms with Gasteiger partial charge in [0.2, 0.25) is 10.0 Å². The molecule has 0 aromatic heterocycles. The fourth-order valence-corrected chi connectivity index (χ4v) is 3.65. The van der Waals surface area contributed by atoms with E-state index < -0.39 is 10.0 Å². The van der Waals surface area contributed by atoms with E-state index in [1.807, 2.05) is 44.2 Å². The first-order chi connectivity index (χ1) is 11.9. The van der Waals surface area contributed by atoms with E-state index in [1.54, 1.807) is 19.2 Å². The van der Waals surface area contributed by atoms with Gasteiger partial charge in [0.05, 0.1) is 4.90 Å². The maximum Gasteiger partial charge on any atom is 0.243 e. The van der Waals surface area contributed by atoms with Crippen LogP contribution in [0.1, 0.15) is 25.0 Å². The Labute approximate surface area is 151 Å². The average Bonchev–Trinajstić information content (AvgIpc) is 2.62. The van der Waals surface area contributed by atoms with Gasteiger partial charge in [-0.3, -0.25) is 0 Å². The minimum absolute atomic E-state index is 0.0669. The summed E-state index contributed by atoms with van der Waals surface area (Å²) in [6, 6.07) is 17.1. The smallest absolute Gasteiger partial charge is 0.243 e. The molecule has 2 rings (SSSR count). The van der Waals surface area contributed by atoms with Gasteiger partial charge in [-0.2, -0.15) is 4.31 Å². The van der Waals surface area contributed by atoms with Crippen LogP contribution < -0.4 is 5.32 Å². The third-order valence-corrected chi connectivity index (χ3v) is 6.08. The number of hydrogen-bond donors (Lipinski definition) is 1. The Balaban J connectivity index is 1.87. The minimum Gasteiger partial charge on any atom is -0.309 e. The Morgan fingerprint density at radius 2 is 1.68 bits per heavy atom. The van der Waals surface area contributed by atoms with Gasteiger partial charge >= 0.3 is 0 Å². The SMILES string of the molecule is CC(C)N(C)S(=O)(=O)c1ccc(CNC/C=C/c2ccccc2)cc1. The van der Waals surface area contributed by atoms with Crippen molar-refractivity contribution in [2.75, 3.05) is 13.6 Å². The maximum atomic E-state index is 12.4. The van der Waals surface area contributed by atoms with Gasteiger partial charge in [0.1, 0.15) is 0 Å². The van der Waals surface area contributed by atoms with Crippen LogP contribution in [0.5, 0.6) is 0 Å². The quantitative estimate of drug-likeness (QED) is 0.735. The predicted octanol–water partition coefficient (Wildman–Crippen LogP) is 3.52. The van der Waals surface area contributed by atoms with Gasteiger partial charge in [0.15, 0.2) is 0 Å². The topological polar surface area (TPSA) is 49.4 Å². The number of rotatable bonds is 8. The van der Waals surface area contributed by atoms with Crippen molar-refractivity contribution < 1.29 is 8.42 Å². The van der Waals surface area contributed by atoms with E-state index in [-0.39, 0.29) is 6.04 Å². The van der Waals surface area contributed by atoms with E-state index in [1.165, 1.54) is 9.87 Å². The van der Waals surface area contributed by atoms with Gasteiger partial charge < -0.3 is 5.32 Å². The molecule has 0 aliphatic heterocycles. The molecule has 0 fully saturated rings. The summed E-state index contributed by atoms with van der Waals surface area (Å²) in [5.74, 6) is 0. The Hall–Kier alpha value is -1.95. The van der Waals surface area contributed by atoms with E-state index in [4.69, 9.17) is 0 Å². The molecular formula is C20H26N2O2S. The van der Waals surface area contributed by atoms with Crippen molar-refractivity contribution in [2.24, 2.45) is 0 Å². The lowest BCUT2D eigenvalue weighted by Gasteiger charge is -2.21. The molecule has 1 N–H and O–H groups in total. The Morgan fingerprint density at radius 3 is 2.28 bits per heavy atom. The summed E-state index contributed by atoms with van der Waals surface area (Å²) in [6.07, 6.45) is 4.15. The molecule has 25 heavy (non-hydrogen) atoms. The molecule has 2 aromatic rings. The molecule has 0 saturated carbocycles. The molecule has 0 unspecified atom stereocenters. The first-order valence-electron chi connectivity index (χ1n) is 8.40. The maximum absolute atomic E-state index is 12.4. The van der Waals surface area contributed by atoms with Crippen molar-refractivity contribution >= 4 is 16.1 Å². The molecule has 0 amide bonds. The largest absolute Gasteiger partial charge is 0.309 e. The molecule has 0 heterocycles. The van der Waals surface area contributed by atoms with Crippen LogP contribution in [0.3, 0.4) is 0 Å². The zero-order valence-corrected chi connectivity index (χ0v) is 15.8. The van der Waals surface area contributed by atoms with E-state index in [0.29, 0.717) is 11.4 Å². The molecule has 5 heteroatoms. The van der Waals surface area contributed by atoms with E-state index in [2.05, 4.69) is 29.6 Å². The van der Waals surface area contributed by atoms with Crippen molar-refractivity contribution in [1.82, 2.24) is 9.62 Å². The van der Waals surface area contributed by atoms with Crippen molar-refractivity contribution in [3.05, 3.63) is 71.8 Å². The van der Waals surface area contributed by atoms with Crippen molar-refractivity contribution in [1.29, 1.82) is 0 Å². The summed E-state index contributed by atoms with van der Waals surface area (Å²) < 4.78 is 26.2. The Bertz CT molecular complexity index is 782. The normalized spacial score (nSPS) is 12.4. The Morgan fingerprint density at radius 1 is 1.04 bits per heavy atom. The summed E-state index contributed by atoms with van der Waals surface area (Å²) in [4.78, 5) is 0.330. The fraction of sp³-hybridized carbons (Fsp3) is 0.300. The molecule has 0 radical (unpaired) electrons. The van der Waals surface area contributed by atoms with Crippen molar-refractivity contribution in [3.63, 3.8) is 0 Å². The van der Waals surface area contributed by atoms with Crippen LogP contribution in [0.15, 0.2) is 65.6 Å². The molecule has 0 saturated heterocycles. The highest BCUT2D eigenvalue weighted by atomic mass is 32.2. The summed E-state index contributed by atoms with van der Waals surface area (Å²) >= 11 is 0. The van der Waals surface area contributed by atoms with E-state index >= 15 is 0 Å². The highest BCUT2D eigenvalue weighted by Gasteiger charge is 2.22. The molecule has 134 valence electrons. The highest BCUT2D eigenvalue weighted by molar-refractivity contribution is 7.89. The third-order valence-electron chi connectivity index (χ3n) is 4.03. The van der Waals surface area contributed by atoms with Gasteiger partial charge in [-0.15, -0.1) is 0 Å². The van der Waals surface area contributed by atoms with Crippen molar-refractivity contribution in [3.8, 4) is 0 Å². The standard InChI is InChI=1S/C20H26N2O2S/c1-17(2)22(3)25(23,24)20-13-11-19(12-14-20)16-21-15-7-10-18-8-5-4-6-9-18/h4-14,17,21H,15-16H2,1-3H3/b10-7+. The number of nitrogens with zero attached hydrogens (tertiary/aromatic N) is 1. The van der Waals surface area contributed by atoms with Gasteiger partial charge in [-0.1, -0.05) is 54.6 Å². The lowest BCUT2D eigenvalue weighted by molar-refractivity contribution is 0.410. The first-order valence-corrected chi connectivity index (χ1v) is 9.84. The monoisotopic (exact) mass is 358 g/mol. The second-order valence-electron chi connectivity index (χ2n) is 6.20. The molecule has 0 atom stereocenters. The van der Waals surface area contributed by atoms with Gasteiger partial charge in [0.25, 0.3) is 0 Å². The van der Waals surface area contributed by atoms with Crippen LogP contribution in [0.2, 0.25) is 0 Å². The lowest BCUT2D eigenvalue weighted by atomic mass is 10.2. The zero-order chi connectivity index (χ0) is 18.3. The van der Waals surface area contributed by atoms with E-state index in [9.17, 15) is 8.42 Å². The summed E-state index contributed by atoms with van der Waals surface area (Å²) in [5, 5.41) is 3.32. The van der Waals surface area contributed by atoms with Gasteiger partial charge in [-0.05, 0) is 37.1 Å². The summed E-state index contributed by atoms with van der Waals surface area (Å²) in [7, 11) is -1.81. The van der Waals surface area contributed by atoms with Crippen LogP contribution in [-0.4, -0.2) is 32.4 Å². The fourth-order valence-electron chi connectivity index (χ4n) is 2.28. The Kier molecular flexibility index (Phi) is 6.93. The second-order valence-corrected chi connectivity index (χ2v) is 8.20. The number of nitrogens with one attached hydrogen (secondary N) is 1. The third kappa shape index (κ3) is 5.53. The zero-order valence-electron chi connectivity index (χ0n) is 15.0. The molecular weight excluding hydrogens is 332 g/mol. The highest BCUT2D eigenvalue weighted by Crippen LogP contribution is 2.17. The molecule has 0 aliphatic carbocycles. The molecule has 4 nitrogen and oxygen atoms in total. The molecule has 2 aromatic carbocycles. The van der Waals surface area contributed by atoms with Crippen LogP contribution in [0.4, 0.5) is 0 Å². The predicted molar refractivity (Wildman–Crippen MR) is 104 cm³/mol. The van der Waals surface area contributed by atoms with Crippen LogP contribution >= 0.6 is 0 Å². The van der Waals surface area contributed by atoms with Gasteiger partial charge in [0, 0.05) is 26.2 Å². The second kappa shape index (κ2) is 8.94. The van der Waals surface area contributed by atoms with E-state index in [0.717, 1.165) is 12.1 Å². The first kappa shape index (κ1) is 19.4. The number of hydrogen-bond acceptors (Lipinski definition) is 3. The summed E-state index contributed by atoms with van der Waals surface area (Å²) in [6.45, 7) is 5.17. The van der Waals surface area contributed by atoms with Gasteiger partial charge in [-0.25, -0.2) is 8.42 Å². The minimum atomic E-state index is -3.41. The number of benzene rings is 2. The van der Waals surface area contributed by atoms with Crippen LogP contribution in [-0.2, 0) is 16.6 Å². The average molecular weight is 359 g/mol.